The van der Waals surface area contributed by atoms with Gasteiger partial charge in [-0.05, 0) is 65.8 Å². The van der Waals surface area contributed by atoms with Crippen LogP contribution in [0.25, 0.3) is 11.1 Å². The topological polar surface area (TPSA) is 35.2 Å². The summed E-state index contributed by atoms with van der Waals surface area (Å²) in [7, 11) is 1.73. The van der Waals surface area contributed by atoms with Gasteiger partial charge in [0.05, 0.1) is 7.11 Å². The molecule has 2 heteroatoms. The molecule has 0 bridgehead atoms. The van der Waals surface area contributed by atoms with Crippen LogP contribution in [-0.2, 0) is 0 Å². The van der Waals surface area contributed by atoms with Crippen molar-refractivity contribution in [3.63, 3.8) is 0 Å². The molecule has 0 radical (unpaired) electrons. The summed E-state index contributed by atoms with van der Waals surface area (Å²) in [5.41, 5.74) is 12.1. The molecule has 0 fully saturated rings. The van der Waals surface area contributed by atoms with E-state index in [2.05, 4.69) is 57.2 Å². The zero-order chi connectivity index (χ0) is 15.6. The Morgan fingerprint density at radius 1 is 1.05 bits per heavy atom. The second kappa shape index (κ2) is 6.31. The average molecular weight is 283 g/mol. The fraction of sp³-hybridized carbons (Fsp3) is 0.368. The third kappa shape index (κ3) is 3.27. The first-order valence-corrected chi connectivity index (χ1v) is 7.48. The van der Waals surface area contributed by atoms with Gasteiger partial charge in [-0.3, -0.25) is 0 Å². The monoisotopic (exact) mass is 283 g/mol. The number of nitrogens with two attached hydrogens (primary N) is 1. The lowest BCUT2D eigenvalue weighted by Crippen LogP contribution is -2.04. The van der Waals surface area contributed by atoms with E-state index in [1.54, 1.807) is 7.11 Å². The van der Waals surface area contributed by atoms with Gasteiger partial charge in [-0.2, -0.15) is 0 Å². The third-order valence-electron chi connectivity index (χ3n) is 3.92. The molecule has 21 heavy (non-hydrogen) atoms. The van der Waals surface area contributed by atoms with Crippen molar-refractivity contribution in [3.05, 3.63) is 53.1 Å². The molecule has 112 valence electrons. The molecule has 0 saturated carbocycles. The third-order valence-corrected chi connectivity index (χ3v) is 3.92. The first kappa shape index (κ1) is 15.6. The highest BCUT2D eigenvalue weighted by Crippen LogP contribution is 2.34. The summed E-state index contributed by atoms with van der Waals surface area (Å²) in [5, 5.41) is 0. The molecule has 2 aromatic carbocycles. The highest BCUT2D eigenvalue weighted by Gasteiger charge is 2.13. The molecule has 2 aromatic rings. The van der Waals surface area contributed by atoms with Crippen LogP contribution in [0.3, 0.4) is 0 Å². The maximum atomic E-state index is 6.00. The fourth-order valence-electron chi connectivity index (χ4n) is 2.63. The van der Waals surface area contributed by atoms with Crippen LogP contribution in [0.1, 0.15) is 49.4 Å². The Morgan fingerprint density at radius 2 is 1.76 bits per heavy atom. The zero-order valence-electron chi connectivity index (χ0n) is 13.6. The molecule has 2 nitrogen and oxygen atoms in total. The van der Waals surface area contributed by atoms with Crippen molar-refractivity contribution >= 4 is 0 Å². The Balaban J connectivity index is 2.58. The molecule has 0 aliphatic carbocycles. The first-order valence-electron chi connectivity index (χ1n) is 7.48. The first-order chi connectivity index (χ1) is 9.93. The van der Waals surface area contributed by atoms with E-state index in [9.17, 15) is 0 Å². The standard InChI is InChI=1S/C19H25NO/c1-12(2)17-11-18(13(3)9-19(17)21-5)16-8-6-7-15(10-16)14(4)20/h6-12,14H,20H2,1-5H3. The van der Waals surface area contributed by atoms with Crippen LogP contribution < -0.4 is 10.5 Å². The summed E-state index contributed by atoms with van der Waals surface area (Å²) in [6.45, 7) is 8.52. The summed E-state index contributed by atoms with van der Waals surface area (Å²) in [4.78, 5) is 0. The summed E-state index contributed by atoms with van der Waals surface area (Å²) in [6.07, 6.45) is 0. The van der Waals surface area contributed by atoms with E-state index in [-0.39, 0.29) is 6.04 Å². The summed E-state index contributed by atoms with van der Waals surface area (Å²) in [5.74, 6) is 1.39. The van der Waals surface area contributed by atoms with Gasteiger partial charge < -0.3 is 10.5 Å². The minimum atomic E-state index is 0.0491. The molecule has 0 heterocycles. The molecule has 2 rings (SSSR count). The second-order valence-corrected chi connectivity index (χ2v) is 5.98. The van der Waals surface area contributed by atoms with Gasteiger partial charge in [0.2, 0.25) is 0 Å². The lowest BCUT2D eigenvalue weighted by molar-refractivity contribution is 0.407. The van der Waals surface area contributed by atoms with Crippen molar-refractivity contribution in [1.82, 2.24) is 0 Å². The minimum absolute atomic E-state index is 0.0491. The number of methoxy groups -OCH3 is 1. The molecule has 1 atom stereocenters. The number of hydrogen-bond donors (Lipinski definition) is 1. The Bertz CT molecular complexity index is 629. The minimum Gasteiger partial charge on any atom is -0.496 e. The quantitative estimate of drug-likeness (QED) is 0.873. The van der Waals surface area contributed by atoms with Gasteiger partial charge in [0.1, 0.15) is 5.75 Å². The van der Waals surface area contributed by atoms with Crippen LogP contribution in [0.15, 0.2) is 36.4 Å². The van der Waals surface area contributed by atoms with Gasteiger partial charge in [-0.25, -0.2) is 0 Å². The van der Waals surface area contributed by atoms with Gasteiger partial charge in [-0.15, -0.1) is 0 Å². The van der Waals surface area contributed by atoms with E-state index in [0.29, 0.717) is 5.92 Å². The molecule has 0 aliphatic heterocycles. The lowest BCUT2D eigenvalue weighted by atomic mass is 9.92. The van der Waals surface area contributed by atoms with Crippen molar-refractivity contribution in [3.8, 4) is 16.9 Å². The lowest BCUT2D eigenvalue weighted by Gasteiger charge is -2.17. The molecule has 2 N–H and O–H groups in total. The van der Waals surface area contributed by atoms with Crippen molar-refractivity contribution < 1.29 is 4.74 Å². The van der Waals surface area contributed by atoms with E-state index in [0.717, 1.165) is 11.3 Å². The number of rotatable bonds is 4. The van der Waals surface area contributed by atoms with E-state index in [4.69, 9.17) is 10.5 Å². The SMILES string of the molecule is COc1cc(C)c(-c2cccc(C(C)N)c2)cc1C(C)C. The number of ether oxygens (including phenoxy) is 1. The predicted molar refractivity (Wildman–Crippen MR) is 89.9 cm³/mol. The molecule has 0 amide bonds. The Morgan fingerprint density at radius 3 is 2.33 bits per heavy atom. The predicted octanol–water partition coefficient (Wildman–Crippen LogP) is 4.81. The van der Waals surface area contributed by atoms with Crippen molar-refractivity contribution in [2.24, 2.45) is 5.73 Å². The van der Waals surface area contributed by atoms with E-state index in [1.807, 2.05) is 6.92 Å². The second-order valence-electron chi connectivity index (χ2n) is 5.98. The van der Waals surface area contributed by atoms with Crippen molar-refractivity contribution in [2.45, 2.75) is 39.7 Å². The van der Waals surface area contributed by atoms with E-state index >= 15 is 0 Å². The van der Waals surface area contributed by atoms with Crippen LogP contribution in [0, 0.1) is 6.92 Å². The van der Waals surface area contributed by atoms with Crippen molar-refractivity contribution in [1.29, 1.82) is 0 Å². The van der Waals surface area contributed by atoms with Crippen LogP contribution in [-0.4, -0.2) is 7.11 Å². The van der Waals surface area contributed by atoms with Gasteiger partial charge in [0.15, 0.2) is 0 Å². The average Bonchev–Trinajstić information content (AvgIpc) is 2.46. The molecule has 0 aromatic heterocycles. The van der Waals surface area contributed by atoms with Gasteiger partial charge in [0.25, 0.3) is 0 Å². The van der Waals surface area contributed by atoms with Crippen LogP contribution in [0.2, 0.25) is 0 Å². The normalized spacial score (nSPS) is 12.5. The molecular formula is C19H25NO. The van der Waals surface area contributed by atoms with E-state index in [1.165, 1.54) is 22.3 Å². The van der Waals surface area contributed by atoms with Crippen LogP contribution in [0.5, 0.6) is 5.75 Å². The van der Waals surface area contributed by atoms with Gasteiger partial charge in [0, 0.05) is 6.04 Å². The Hall–Kier alpha value is -1.80. The molecule has 0 aliphatic rings. The summed E-state index contributed by atoms with van der Waals surface area (Å²) in [6, 6.07) is 12.9. The number of benzene rings is 2. The van der Waals surface area contributed by atoms with E-state index < -0.39 is 0 Å². The molecule has 1 unspecified atom stereocenters. The molecule has 0 saturated heterocycles. The fourth-order valence-corrected chi connectivity index (χ4v) is 2.63. The zero-order valence-corrected chi connectivity index (χ0v) is 13.6. The number of aryl methyl sites for hydroxylation is 1. The van der Waals surface area contributed by atoms with Crippen LogP contribution >= 0.6 is 0 Å². The van der Waals surface area contributed by atoms with Gasteiger partial charge in [-0.1, -0.05) is 32.0 Å². The highest BCUT2D eigenvalue weighted by molar-refractivity contribution is 5.70. The Kier molecular flexibility index (Phi) is 4.69. The Labute approximate surface area is 127 Å². The smallest absolute Gasteiger partial charge is 0.122 e. The number of hydrogen-bond acceptors (Lipinski definition) is 2. The summed E-state index contributed by atoms with van der Waals surface area (Å²) >= 11 is 0. The maximum absolute atomic E-state index is 6.00. The molecular weight excluding hydrogens is 258 g/mol. The largest absolute Gasteiger partial charge is 0.496 e. The van der Waals surface area contributed by atoms with Gasteiger partial charge >= 0.3 is 0 Å². The van der Waals surface area contributed by atoms with Crippen LogP contribution in [0.4, 0.5) is 0 Å². The summed E-state index contributed by atoms with van der Waals surface area (Å²) < 4.78 is 5.52. The highest BCUT2D eigenvalue weighted by atomic mass is 16.5. The van der Waals surface area contributed by atoms with Crippen molar-refractivity contribution in [2.75, 3.05) is 7.11 Å². The maximum Gasteiger partial charge on any atom is 0.122 e. The molecule has 0 spiro atoms.